The smallest absolute Gasteiger partial charge is 0.259 e. The Morgan fingerprint density at radius 3 is 2.88 bits per heavy atom. The van der Waals surface area contributed by atoms with Crippen molar-refractivity contribution in [2.24, 2.45) is 0 Å². The van der Waals surface area contributed by atoms with E-state index in [0.717, 1.165) is 11.0 Å². The predicted molar refractivity (Wildman–Crippen MR) is 94.5 cm³/mol. The Kier molecular flexibility index (Phi) is 3.76. The number of nitrogens with one attached hydrogen (secondary N) is 1. The Morgan fingerprint density at radius 2 is 2.08 bits per heavy atom. The molecule has 0 aliphatic heterocycles. The van der Waals surface area contributed by atoms with Gasteiger partial charge in [0, 0.05) is 17.0 Å². The normalized spacial score (nSPS) is 10.9. The van der Waals surface area contributed by atoms with Crippen LogP contribution in [0, 0.1) is 0 Å². The van der Waals surface area contributed by atoms with E-state index in [-0.39, 0.29) is 5.91 Å². The second kappa shape index (κ2) is 6.07. The quantitative estimate of drug-likeness (QED) is 0.533. The van der Waals surface area contributed by atoms with Crippen molar-refractivity contribution in [3.63, 3.8) is 0 Å². The first-order chi connectivity index (χ1) is 11.7. The van der Waals surface area contributed by atoms with Crippen LogP contribution in [0.3, 0.4) is 0 Å². The van der Waals surface area contributed by atoms with Gasteiger partial charge in [0.15, 0.2) is 10.9 Å². The first-order valence-corrected chi connectivity index (χ1v) is 8.32. The second-order valence-corrected chi connectivity index (χ2v) is 6.26. The van der Waals surface area contributed by atoms with Crippen molar-refractivity contribution in [2.45, 2.75) is 0 Å². The standard InChI is InChI=1S/C17H10ClN3O2S/c18-15-6-5-11(8-19-15)16(22)21-17-20-12(9-24-17)14-7-10-3-1-2-4-13(10)23-14/h1-9H,(H,20,21,22). The van der Waals surface area contributed by atoms with E-state index < -0.39 is 0 Å². The van der Waals surface area contributed by atoms with Crippen LogP contribution in [0.5, 0.6) is 0 Å². The third kappa shape index (κ3) is 2.89. The number of thiazole rings is 1. The average Bonchev–Trinajstić information content (AvgIpc) is 3.21. The van der Waals surface area contributed by atoms with Gasteiger partial charge in [-0.05, 0) is 24.3 Å². The molecule has 3 aromatic heterocycles. The summed E-state index contributed by atoms with van der Waals surface area (Å²) in [6, 6.07) is 12.9. The lowest BCUT2D eigenvalue weighted by Crippen LogP contribution is -2.11. The number of amides is 1. The molecule has 0 radical (unpaired) electrons. The highest BCUT2D eigenvalue weighted by Gasteiger charge is 2.13. The van der Waals surface area contributed by atoms with Crippen LogP contribution in [0.4, 0.5) is 5.13 Å². The molecule has 0 bridgehead atoms. The van der Waals surface area contributed by atoms with Gasteiger partial charge in [-0.3, -0.25) is 10.1 Å². The lowest BCUT2D eigenvalue weighted by Gasteiger charge is -2.00. The zero-order valence-corrected chi connectivity index (χ0v) is 13.8. The molecule has 0 atom stereocenters. The van der Waals surface area contributed by atoms with E-state index in [9.17, 15) is 4.79 Å². The molecule has 0 spiro atoms. The van der Waals surface area contributed by atoms with Gasteiger partial charge < -0.3 is 4.42 Å². The molecule has 0 saturated carbocycles. The van der Waals surface area contributed by atoms with Crippen molar-refractivity contribution < 1.29 is 9.21 Å². The van der Waals surface area contributed by atoms with E-state index in [1.165, 1.54) is 17.5 Å². The van der Waals surface area contributed by atoms with Crippen LogP contribution in [-0.4, -0.2) is 15.9 Å². The zero-order chi connectivity index (χ0) is 16.5. The molecule has 5 nitrogen and oxygen atoms in total. The summed E-state index contributed by atoms with van der Waals surface area (Å²) in [5.41, 5.74) is 1.90. The van der Waals surface area contributed by atoms with Crippen molar-refractivity contribution in [2.75, 3.05) is 5.32 Å². The third-order valence-electron chi connectivity index (χ3n) is 3.39. The number of pyridine rings is 1. The molecule has 3 heterocycles. The SMILES string of the molecule is O=C(Nc1nc(-c2cc3ccccc3o2)cs1)c1ccc(Cl)nc1. The van der Waals surface area contributed by atoms with Gasteiger partial charge in [-0.1, -0.05) is 29.8 Å². The maximum atomic E-state index is 12.2. The number of carbonyl (C=O) groups is 1. The fourth-order valence-corrected chi connectivity index (χ4v) is 3.04. The molecule has 0 saturated heterocycles. The first-order valence-electron chi connectivity index (χ1n) is 7.06. The maximum absolute atomic E-state index is 12.2. The lowest BCUT2D eigenvalue weighted by atomic mass is 10.2. The zero-order valence-electron chi connectivity index (χ0n) is 12.2. The molecule has 7 heteroatoms. The molecule has 0 aliphatic rings. The van der Waals surface area contributed by atoms with Gasteiger partial charge in [0.2, 0.25) is 0 Å². The Bertz CT molecular complexity index is 991. The van der Waals surface area contributed by atoms with Crippen molar-refractivity contribution in [3.05, 3.63) is 64.8 Å². The van der Waals surface area contributed by atoms with E-state index in [4.69, 9.17) is 16.0 Å². The predicted octanol–water partition coefficient (Wildman–Crippen LogP) is 4.86. The number of furan rings is 1. The number of halogens is 1. The summed E-state index contributed by atoms with van der Waals surface area (Å²) in [6.07, 6.45) is 1.42. The number of anilines is 1. The number of benzene rings is 1. The molecule has 4 aromatic rings. The molecular weight excluding hydrogens is 346 g/mol. The largest absolute Gasteiger partial charge is 0.454 e. The third-order valence-corrected chi connectivity index (χ3v) is 4.37. The van der Waals surface area contributed by atoms with Crippen molar-refractivity contribution in [3.8, 4) is 11.5 Å². The van der Waals surface area contributed by atoms with Crippen molar-refractivity contribution in [1.29, 1.82) is 0 Å². The minimum atomic E-state index is -0.287. The van der Waals surface area contributed by atoms with Crippen LogP contribution in [0.15, 0.2) is 58.5 Å². The van der Waals surface area contributed by atoms with E-state index >= 15 is 0 Å². The number of fused-ring (bicyclic) bond motifs is 1. The minimum Gasteiger partial charge on any atom is -0.454 e. The van der Waals surface area contributed by atoms with Gasteiger partial charge in [0.25, 0.3) is 5.91 Å². The highest BCUT2D eigenvalue weighted by molar-refractivity contribution is 7.14. The molecule has 0 fully saturated rings. The van der Waals surface area contributed by atoms with E-state index in [2.05, 4.69) is 15.3 Å². The molecule has 1 N–H and O–H groups in total. The average molecular weight is 356 g/mol. The van der Waals surface area contributed by atoms with E-state index in [1.807, 2.05) is 35.7 Å². The number of nitrogens with zero attached hydrogens (tertiary/aromatic N) is 2. The summed E-state index contributed by atoms with van der Waals surface area (Å²) in [5.74, 6) is 0.380. The van der Waals surface area contributed by atoms with Crippen LogP contribution in [-0.2, 0) is 0 Å². The molecule has 0 aliphatic carbocycles. The molecule has 0 unspecified atom stereocenters. The number of hydrogen-bond acceptors (Lipinski definition) is 5. The Labute approximate surface area is 145 Å². The number of rotatable bonds is 3. The number of aromatic nitrogens is 2. The molecule has 24 heavy (non-hydrogen) atoms. The summed E-state index contributed by atoms with van der Waals surface area (Å²) >= 11 is 7.05. The molecule has 1 aromatic carbocycles. The van der Waals surface area contributed by atoms with Crippen molar-refractivity contribution in [1.82, 2.24) is 9.97 Å². The summed E-state index contributed by atoms with van der Waals surface area (Å²) in [7, 11) is 0. The number of carbonyl (C=O) groups excluding carboxylic acids is 1. The molecule has 1 amide bonds. The van der Waals surface area contributed by atoms with Gasteiger partial charge in [0.1, 0.15) is 16.4 Å². The summed E-state index contributed by atoms with van der Waals surface area (Å²) in [5, 5.41) is 6.43. The Morgan fingerprint density at radius 1 is 1.21 bits per heavy atom. The fraction of sp³-hybridized carbons (Fsp3) is 0. The van der Waals surface area contributed by atoms with E-state index in [1.54, 1.807) is 12.1 Å². The topological polar surface area (TPSA) is 68.0 Å². The summed E-state index contributed by atoms with van der Waals surface area (Å²) in [6.45, 7) is 0. The van der Waals surface area contributed by atoms with Crippen LogP contribution in [0.25, 0.3) is 22.4 Å². The molecule has 118 valence electrons. The number of para-hydroxylation sites is 1. The van der Waals surface area contributed by atoms with Crippen LogP contribution >= 0.6 is 22.9 Å². The van der Waals surface area contributed by atoms with Gasteiger partial charge in [-0.2, -0.15) is 0 Å². The number of hydrogen-bond donors (Lipinski definition) is 1. The lowest BCUT2D eigenvalue weighted by molar-refractivity contribution is 0.102. The second-order valence-electron chi connectivity index (χ2n) is 5.01. The molecular formula is C17H10ClN3O2S. The summed E-state index contributed by atoms with van der Waals surface area (Å²) < 4.78 is 5.78. The van der Waals surface area contributed by atoms with Crippen LogP contribution in [0.2, 0.25) is 5.15 Å². The van der Waals surface area contributed by atoms with Gasteiger partial charge >= 0.3 is 0 Å². The van der Waals surface area contributed by atoms with Gasteiger partial charge in [0.05, 0.1) is 5.56 Å². The minimum absolute atomic E-state index is 0.287. The van der Waals surface area contributed by atoms with Gasteiger partial charge in [-0.25, -0.2) is 9.97 Å². The first kappa shape index (κ1) is 14.9. The van der Waals surface area contributed by atoms with Gasteiger partial charge in [-0.15, -0.1) is 11.3 Å². The Balaban J connectivity index is 1.56. The molecule has 4 rings (SSSR count). The fourth-order valence-electron chi connectivity index (χ4n) is 2.23. The highest BCUT2D eigenvalue weighted by atomic mass is 35.5. The van der Waals surface area contributed by atoms with E-state index in [0.29, 0.717) is 27.3 Å². The monoisotopic (exact) mass is 355 g/mol. The van der Waals surface area contributed by atoms with Crippen LogP contribution < -0.4 is 5.32 Å². The van der Waals surface area contributed by atoms with Crippen LogP contribution in [0.1, 0.15) is 10.4 Å². The maximum Gasteiger partial charge on any atom is 0.259 e. The highest BCUT2D eigenvalue weighted by Crippen LogP contribution is 2.30. The van der Waals surface area contributed by atoms with Crippen molar-refractivity contribution >= 4 is 44.9 Å². The summed E-state index contributed by atoms with van der Waals surface area (Å²) in [4.78, 5) is 20.5. The Hall–Kier alpha value is -2.70.